The molecule has 1 aliphatic rings. The van der Waals surface area contributed by atoms with Crippen LogP contribution in [0.4, 0.5) is 0 Å². The van der Waals surface area contributed by atoms with Gasteiger partial charge >= 0.3 is 0 Å². The number of nitrogens with one attached hydrogen (secondary N) is 1. The monoisotopic (exact) mass is 236 g/mol. The normalized spacial score (nSPS) is 20.1. The van der Waals surface area contributed by atoms with E-state index >= 15 is 0 Å². The smallest absolute Gasteiger partial charge is 0.243 e. The van der Waals surface area contributed by atoms with Crippen LogP contribution in [0.3, 0.4) is 0 Å². The number of piperidine rings is 1. The van der Waals surface area contributed by atoms with E-state index in [4.69, 9.17) is 5.21 Å². The number of carbonyl (C=O) groups is 1. The third kappa shape index (κ3) is 3.77. The topological polar surface area (TPSA) is 86.7 Å². The minimum Gasteiger partial charge on any atom is -0.289 e. The molecule has 0 aliphatic carbocycles. The lowest BCUT2D eigenvalue weighted by Crippen LogP contribution is -2.38. The van der Waals surface area contributed by atoms with Gasteiger partial charge in [-0.1, -0.05) is 0 Å². The Labute approximate surface area is 89.3 Å². The second-order valence-corrected chi connectivity index (χ2v) is 5.83. The molecule has 0 radical (unpaired) electrons. The quantitative estimate of drug-likeness (QED) is 0.513. The summed E-state index contributed by atoms with van der Waals surface area (Å²) in [7, 11) is -3.10. The van der Waals surface area contributed by atoms with Crippen LogP contribution in [-0.2, 0) is 14.8 Å². The van der Waals surface area contributed by atoms with Gasteiger partial charge < -0.3 is 0 Å². The fraction of sp³-hybridized carbons (Fsp3) is 0.875. The maximum atomic E-state index is 11.2. The average Bonchev–Trinajstić information content (AvgIpc) is 2.17. The van der Waals surface area contributed by atoms with Gasteiger partial charge in [-0.05, 0) is 18.8 Å². The molecule has 1 heterocycles. The Morgan fingerprint density at radius 3 is 2.40 bits per heavy atom. The van der Waals surface area contributed by atoms with Gasteiger partial charge in [0.25, 0.3) is 0 Å². The number of rotatable bonds is 3. The molecule has 0 unspecified atom stereocenters. The molecule has 7 heteroatoms. The second kappa shape index (κ2) is 4.91. The van der Waals surface area contributed by atoms with E-state index in [0.29, 0.717) is 25.9 Å². The molecule has 1 fully saturated rings. The van der Waals surface area contributed by atoms with Gasteiger partial charge in [0.2, 0.25) is 15.9 Å². The van der Waals surface area contributed by atoms with E-state index in [9.17, 15) is 13.2 Å². The van der Waals surface area contributed by atoms with Gasteiger partial charge in [0.05, 0.1) is 6.26 Å². The number of hydrogen-bond acceptors (Lipinski definition) is 4. The Morgan fingerprint density at radius 1 is 1.47 bits per heavy atom. The molecule has 2 N–H and O–H groups in total. The first-order valence-corrected chi connectivity index (χ1v) is 6.66. The van der Waals surface area contributed by atoms with Gasteiger partial charge in [-0.25, -0.2) is 18.2 Å². The molecule has 0 atom stereocenters. The molecule has 0 aromatic rings. The molecule has 0 aromatic carbocycles. The van der Waals surface area contributed by atoms with Crippen LogP contribution in [0.5, 0.6) is 0 Å². The molecule has 0 aromatic heterocycles. The molecule has 0 spiro atoms. The largest absolute Gasteiger partial charge is 0.289 e. The van der Waals surface area contributed by atoms with Crippen LogP contribution in [0.15, 0.2) is 0 Å². The van der Waals surface area contributed by atoms with Crippen LogP contribution in [0.25, 0.3) is 0 Å². The van der Waals surface area contributed by atoms with Gasteiger partial charge in [0, 0.05) is 19.5 Å². The molecule has 0 saturated carbocycles. The lowest BCUT2D eigenvalue weighted by Gasteiger charge is -2.29. The maximum absolute atomic E-state index is 11.2. The molecular weight excluding hydrogens is 220 g/mol. The maximum Gasteiger partial charge on any atom is 0.243 e. The lowest BCUT2D eigenvalue weighted by atomic mass is 9.94. The summed E-state index contributed by atoms with van der Waals surface area (Å²) in [4.78, 5) is 10.9. The zero-order valence-corrected chi connectivity index (χ0v) is 9.46. The SMILES string of the molecule is CS(=O)(=O)N1CCC(CC(=O)NO)CC1. The summed E-state index contributed by atoms with van der Waals surface area (Å²) in [6.45, 7) is 0.921. The fourth-order valence-corrected chi connectivity index (χ4v) is 2.63. The molecular formula is C8H16N2O4S. The van der Waals surface area contributed by atoms with E-state index < -0.39 is 15.9 Å². The Hall–Kier alpha value is -0.660. The van der Waals surface area contributed by atoms with Crippen LogP contribution in [-0.4, -0.2) is 43.2 Å². The standard InChI is InChI=1S/C8H16N2O4S/c1-15(13,14)10-4-2-7(3-5-10)6-8(11)9-12/h7,12H,2-6H2,1H3,(H,9,11). The highest BCUT2D eigenvalue weighted by molar-refractivity contribution is 7.88. The molecule has 0 bridgehead atoms. The van der Waals surface area contributed by atoms with Crippen molar-refractivity contribution in [3.63, 3.8) is 0 Å². The highest BCUT2D eigenvalue weighted by Gasteiger charge is 2.25. The van der Waals surface area contributed by atoms with Crippen LogP contribution in [0.2, 0.25) is 0 Å². The Kier molecular flexibility index (Phi) is 4.06. The second-order valence-electron chi connectivity index (χ2n) is 3.84. The number of hydroxylamine groups is 1. The summed E-state index contributed by atoms with van der Waals surface area (Å²) < 4.78 is 23.8. The Bertz CT molecular complexity index is 320. The number of hydrogen-bond donors (Lipinski definition) is 2. The fourth-order valence-electron chi connectivity index (χ4n) is 1.75. The highest BCUT2D eigenvalue weighted by atomic mass is 32.2. The van der Waals surface area contributed by atoms with Crippen molar-refractivity contribution < 1.29 is 18.4 Å². The van der Waals surface area contributed by atoms with Gasteiger partial charge in [-0.2, -0.15) is 0 Å². The number of sulfonamides is 1. The van der Waals surface area contributed by atoms with Gasteiger partial charge in [-0.15, -0.1) is 0 Å². The van der Waals surface area contributed by atoms with Crippen molar-refractivity contribution in [2.45, 2.75) is 19.3 Å². The number of nitrogens with zero attached hydrogens (tertiary/aromatic N) is 1. The first kappa shape index (κ1) is 12.4. The van der Waals surface area contributed by atoms with Gasteiger partial charge in [0.1, 0.15) is 0 Å². The molecule has 1 saturated heterocycles. The van der Waals surface area contributed by atoms with E-state index in [1.807, 2.05) is 0 Å². The summed E-state index contributed by atoms with van der Waals surface area (Å²) in [5.74, 6) is -0.247. The summed E-state index contributed by atoms with van der Waals surface area (Å²) in [6, 6.07) is 0. The summed E-state index contributed by atoms with van der Waals surface area (Å²) in [6.07, 6.45) is 2.78. The van der Waals surface area contributed by atoms with E-state index in [2.05, 4.69) is 0 Å². The van der Waals surface area contributed by atoms with Crippen LogP contribution in [0.1, 0.15) is 19.3 Å². The minimum atomic E-state index is -3.10. The zero-order valence-electron chi connectivity index (χ0n) is 8.64. The van der Waals surface area contributed by atoms with Crippen molar-refractivity contribution in [1.82, 2.24) is 9.79 Å². The van der Waals surface area contributed by atoms with Gasteiger partial charge in [0.15, 0.2) is 0 Å². The van der Waals surface area contributed by atoms with Crippen LogP contribution < -0.4 is 5.48 Å². The third-order valence-electron chi connectivity index (χ3n) is 2.64. The highest BCUT2D eigenvalue weighted by Crippen LogP contribution is 2.21. The third-order valence-corrected chi connectivity index (χ3v) is 3.94. The average molecular weight is 236 g/mol. The first-order valence-electron chi connectivity index (χ1n) is 4.81. The predicted molar refractivity (Wildman–Crippen MR) is 53.7 cm³/mol. The van der Waals surface area contributed by atoms with Crippen LogP contribution in [0, 0.1) is 5.92 Å². The Morgan fingerprint density at radius 2 is 2.00 bits per heavy atom. The summed E-state index contributed by atoms with van der Waals surface area (Å²) in [5, 5.41) is 8.34. The van der Waals surface area contributed by atoms with Crippen LogP contribution >= 0.6 is 0 Å². The number of carbonyl (C=O) groups excluding carboxylic acids is 1. The molecule has 1 amide bonds. The zero-order chi connectivity index (χ0) is 11.5. The summed E-state index contributed by atoms with van der Waals surface area (Å²) >= 11 is 0. The van der Waals surface area contributed by atoms with E-state index in [1.54, 1.807) is 5.48 Å². The van der Waals surface area contributed by atoms with Crippen molar-refractivity contribution >= 4 is 15.9 Å². The first-order chi connectivity index (χ1) is 6.93. The van der Waals surface area contributed by atoms with Crippen molar-refractivity contribution in [2.75, 3.05) is 19.3 Å². The van der Waals surface area contributed by atoms with E-state index in [1.165, 1.54) is 10.6 Å². The molecule has 1 rings (SSSR count). The predicted octanol–water partition coefficient (Wildman–Crippen LogP) is -0.446. The molecule has 15 heavy (non-hydrogen) atoms. The Balaban J connectivity index is 2.40. The molecule has 88 valence electrons. The van der Waals surface area contributed by atoms with Gasteiger partial charge in [-0.3, -0.25) is 10.0 Å². The van der Waals surface area contributed by atoms with E-state index in [0.717, 1.165) is 0 Å². The van der Waals surface area contributed by atoms with Crippen molar-refractivity contribution in [3.8, 4) is 0 Å². The lowest BCUT2D eigenvalue weighted by molar-refractivity contribution is -0.130. The summed E-state index contributed by atoms with van der Waals surface area (Å²) in [5.41, 5.74) is 1.58. The van der Waals surface area contributed by atoms with E-state index in [-0.39, 0.29) is 12.3 Å². The van der Waals surface area contributed by atoms with Crippen molar-refractivity contribution in [3.05, 3.63) is 0 Å². The minimum absolute atomic E-state index is 0.162. The number of amides is 1. The van der Waals surface area contributed by atoms with Crippen molar-refractivity contribution in [1.29, 1.82) is 0 Å². The molecule has 1 aliphatic heterocycles. The van der Waals surface area contributed by atoms with Crippen molar-refractivity contribution in [2.24, 2.45) is 5.92 Å². The molecule has 6 nitrogen and oxygen atoms in total.